The Kier molecular flexibility index (Phi) is 5.53. The van der Waals surface area contributed by atoms with Gasteiger partial charge in [-0.15, -0.1) is 11.3 Å². The molecule has 3 aliphatic rings. The van der Waals surface area contributed by atoms with Crippen LogP contribution in [0.15, 0.2) is 17.3 Å². The Morgan fingerprint density at radius 1 is 1.26 bits per heavy atom. The molecule has 1 aliphatic heterocycles. The van der Waals surface area contributed by atoms with Crippen LogP contribution < -0.4 is 39.6 Å². The van der Waals surface area contributed by atoms with Gasteiger partial charge in [-0.05, 0) is 31.8 Å². The summed E-state index contributed by atoms with van der Waals surface area (Å²) in [5.41, 5.74) is 1.45. The van der Waals surface area contributed by atoms with Crippen molar-refractivity contribution in [2.24, 2.45) is 4.99 Å². The molecule has 1 fully saturated rings. The summed E-state index contributed by atoms with van der Waals surface area (Å²) in [5, 5.41) is 12.0. The maximum atomic E-state index is 11.0. The number of anilines is 1. The molecule has 0 aromatic carbocycles. The fourth-order valence-electron chi connectivity index (χ4n) is 3.64. The van der Waals surface area contributed by atoms with Gasteiger partial charge in [0.15, 0.2) is 5.13 Å². The predicted octanol–water partition coefficient (Wildman–Crippen LogP) is -0.00650. The normalized spacial score (nSPS) is 22.5. The molecule has 140 valence electrons. The van der Waals surface area contributed by atoms with Crippen LogP contribution in [0.5, 0.6) is 0 Å². The zero-order valence-corrected chi connectivity index (χ0v) is 19.6. The Bertz CT molecular complexity index is 777. The molecule has 1 aromatic rings. The number of carbonyl (C=O) groups excluding carboxylic acids is 1. The second-order valence-electron chi connectivity index (χ2n) is 8.75. The van der Waals surface area contributed by atoms with Crippen LogP contribution in [0, 0.1) is 0 Å². The molecule has 0 atom stereocenters. The first kappa shape index (κ1) is 20.8. The van der Waals surface area contributed by atoms with Gasteiger partial charge < -0.3 is 14.8 Å². The van der Waals surface area contributed by atoms with E-state index in [-0.39, 0.29) is 47.1 Å². The minimum absolute atomic E-state index is 0. The number of thiazole rings is 1. The van der Waals surface area contributed by atoms with Crippen molar-refractivity contribution in [2.45, 2.75) is 70.3 Å². The molecule has 27 heavy (non-hydrogen) atoms. The fourth-order valence-corrected chi connectivity index (χ4v) is 5.10. The molecule has 6 nitrogen and oxygen atoms in total. The first-order valence-corrected chi connectivity index (χ1v) is 10.0. The van der Waals surface area contributed by atoms with E-state index in [1.54, 1.807) is 17.4 Å². The maximum absolute atomic E-state index is 11.0. The van der Waals surface area contributed by atoms with Gasteiger partial charge in [-0.3, -0.25) is 4.90 Å². The summed E-state index contributed by atoms with van der Waals surface area (Å²) in [5.74, 6) is 0.798. The van der Waals surface area contributed by atoms with Crippen molar-refractivity contribution in [3.63, 3.8) is 0 Å². The van der Waals surface area contributed by atoms with Crippen LogP contribution in [0.3, 0.4) is 0 Å². The van der Waals surface area contributed by atoms with Gasteiger partial charge in [0.05, 0.1) is 5.69 Å². The number of amides is 1. The van der Waals surface area contributed by atoms with Gasteiger partial charge in [0.2, 0.25) is 0 Å². The average Bonchev–Trinajstić information content (AvgIpc) is 3.29. The summed E-state index contributed by atoms with van der Waals surface area (Å²) in [6.07, 6.45) is 6.61. The molecule has 1 amide bonds. The molecule has 0 spiro atoms. The van der Waals surface area contributed by atoms with Crippen molar-refractivity contribution in [2.75, 3.05) is 11.6 Å². The molecular weight excluding hydrogens is 371 g/mol. The minimum Gasteiger partial charge on any atom is -0.530 e. The zero-order chi connectivity index (χ0) is 18.7. The number of carboxylic acid groups (broad SMARTS) is 1. The first-order valence-electron chi connectivity index (χ1n) is 9.20. The van der Waals surface area contributed by atoms with E-state index in [4.69, 9.17) is 4.98 Å². The molecule has 1 aromatic heterocycles. The SMILES string of the molecule is CC1(C)CCC(C)(C)c2sc(N(C3=NCN(C(=O)[O-])C=C3)C3CC3)nc21.[Na+]. The number of fused-ring (bicyclic) bond motifs is 1. The van der Waals surface area contributed by atoms with Crippen molar-refractivity contribution in [3.8, 4) is 0 Å². The Morgan fingerprint density at radius 3 is 2.44 bits per heavy atom. The fraction of sp³-hybridized carbons (Fsp3) is 0.632. The first-order chi connectivity index (χ1) is 12.2. The largest absolute Gasteiger partial charge is 1.00 e. The third-order valence-corrected chi connectivity index (χ3v) is 7.06. The smallest absolute Gasteiger partial charge is 0.530 e. The van der Waals surface area contributed by atoms with E-state index in [1.807, 2.05) is 0 Å². The molecule has 4 rings (SSSR count). The van der Waals surface area contributed by atoms with Gasteiger partial charge in [-0.25, -0.2) is 9.98 Å². The summed E-state index contributed by atoms with van der Waals surface area (Å²) in [4.78, 5) is 25.2. The van der Waals surface area contributed by atoms with Gasteiger partial charge in [0, 0.05) is 27.9 Å². The van der Waals surface area contributed by atoms with Crippen LogP contribution in [0.1, 0.15) is 63.9 Å². The summed E-state index contributed by atoms with van der Waals surface area (Å²) < 4.78 is 0. The van der Waals surface area contributed by atoms with Crippen LogP contribution in [0.4, 0.5) is 9.93 Å². The summed E-state index contributed by atoms with van der Waals surface area (Å²) >= 11 is 1.78. The zero-order valence-electron chi connectivity index (χ0n) is 16.8. The Morgan fingerprint density at radius 2 is 1.93 bits per heavy atom. The average molecular weight is 396 g/mol. The van der Waals surface area contributed by atoms with Crippen LogP contribution in [0.25, 0.3) is 0 Å². The van der Waals surface area contributed by atoms with Gasteiger partial charge in [-0.1, -0.05) is 27.7 Å². The molecule has 1 saturated carbocycles. The standard InChI is InChI=1S/C19H26N4O2S.Na/c1-18(2)8-9-19(3,4)15-14(18)21-16(26-15)23(12-5-6-12)13-7-10-22(11-20-13)17(24)25;/h7,10,12H,5-6,8-9,11H2,1-4H3,(H,24,25);/q;+1/p-1. The van der Waals surface area contributed by atoms with Crippen LogP contribution in [-0.4, -0.2) is 34.5 Å². The number of hydrogen-bond acceptors (Lipinski definition) is 6. The van der Waals surface area contributed by atoms with Gasteiger partial charge >= 0.3 is 29.6 Å². The third kappa shape index (κ3) is 3.84. The molecular formula is C19H25N4NaO2S. The van der Waals surface area contributed by atoms with Gasteiger partial charge in [0.1, 0.15) is 18.6 Å². The Labute approximate surface area is 186 Å². The molecule has 2 aliphatic carbocycles. The van der Waals surface area contributed by atoms with Crippen LogP contribution in [0.2, 0.25) is 0 Å². The second-order valence-corrected chi connectivity index (χ2v) is 9.73. The molecule has 8 heteroatoms. The molecule has 0 N–H and O–H groups in total. The number of amidine groups is 1. The van der Waals surface area contributed by atoms with E-state index in [0.29, 0.717) is 6.04 Å². The third-order valence-electron chi connectivity index (χ3n) is 5.63. The molecule has 0 radical (unpaired) electrons. The van der Waals surface area contributed by atoms with Crippen LogP contribution >= 0.6 is 11.3 Å². The second kappa shape index (κ2) is 7.17. The van der Waals surface area contributed by atoms with E-state index < -0.39 is 6.09 Å². The van der Waals surface area contributed by atoms with E-state index in [0.717, 1.165) is 35.1 Å². The summed E-state index contributed by atoms with van der Waals surface area (Å²) in [7, 11) is 0. The van der Waals surface area contributed by atoms with Crippen molar-refractivity contribution in [1.82, 2.24) is 9.88 Å². The van der Waals surface area contributed by atoms with E-state index in [9.17, 15) is 9.90 Å². The van der Waals surface area contributed by atoms with Gasteiger partial charge in [0.25, 0.3) is 0 Å². The number of aliphatic imine (C=N–C) groups is 1. The topological polar surface area (TPSA) is 71.9 Å². The van der Waals surface area contributed by atoms with Crippen LogP contribution in [-0.2, 0) is 10.8 Å². The summed E-state index contributed by atoms with van der Waals surface area (Å²) in [6.45, 7) is 9.25. The minimum atomic E-state index is -1.23. The van der Waals surface area contributed by atoms with Crippen molar-refractivity contribution >= 4 is 28.4 Å². The van der Waals surface area contributed by atoms with Gasteiger partial charge in [-0.2, -0.15) is 0 Å². The Balaban J connectivity index is 0.00000210. The van der Waals surface area contributed by atoms with E-state index in [1.165, 1.54) is 23.2 Å². The van der Waals surface area contributed by atoms with Crippen molar-refractivity contribution in [3.05, 3.63) is 22.8 Å². The van der Waals surface area contributed by atoms with E-state index >= 15 is 0 Å². The number of hydrogen-bond donors (Lipinski definition) is 0. The molecule has 2 heterocycles. The molecule has 0 saturated heterocycles. The number of rotatable bonds is 2. The van der Waals surface area contributed by atoms with E-state index in [2.05, 4.69) is 37.6 Å². The Hall–Kier alpha value is -0.890. The summed E-state index contributed by atoms with van der Waals surface area (Å²) in [6, 6.07) is 0.409. The number of carbonyl (C=O) groups is 1. The molecule has 0 bridgehead atoms. The monoisotopic (exact) mass is 396 g/mol. The van der Waals surface area contributed by atoms with Crippen molar-refractivity contribution in [1.29, 1.82) is 0 Å². The maximum Gasteiger partial charge on any atom is 1.00 e. The predicted molar refractivity (Wildman–Crippen MR) is 102 cm³/mol. The molecule has 0 unspecified atom stereocenters. The number of nitrogens with zero attached hydrogens (tertiary/aromatic N) is 4. The quantitative estimate of drug-likeness (QED) is 0.660. The number of aromatic nitrogens is 1. The van der Waals surface area contributed by atoms with Crippen molar-refractivity contribution < 1.29 is 39.5 Å².